The average molecular weight is 220 g/mol. The Labute approximate surface area is 99.2 Å². The number of rotatable bonds is 5. The van der Waals surface area contributed by atoms with Crippen molar-refractivity contribution in [1.29, 1.82) is 0 Å². The van der Waals surface area contributed by atoms with Gasteiger partial charge in [-0.25, -0.2) is 0 Å². The third-order valence-corrected chi connectivity index (χ3v) is 3.04. The number of hydrogen-bond donors (Lipinski definition) is 2. The number of aryl methyl sites for hydroxylation is 2. The van der Waals surface area contributed by atoms with Gasteiger partial charge < -0.3 is 11.1 Å². The molecule has 1 aromatic rings. The summed E-state index contributed by atoms with van der Waals surface area (Å²) in [5.74, 6) is 1.17. The normalized spacial score (nSPS) is 12.9. The van der Waals surface area contributed by atoms with E-state index in [1.165, 1.54) is 16.8 Å². The van der Waals surface area contributed by atoms with Crippen molar-refractivity contribution < 1.29 is 0 Å². The molecular formula is C14H24N2. The van der Waals surface area contributed by atoms with Crippen LogP contribution in [-0.4, -0.2) is 13.1 Å². The fourth-order valence-corrected chi connectivity index (χ4v) is 1.92. The summed E-state index contributed by atoms with van der Waals surface area (Å²) in [7, 11) is 0. The first-order valence-corrected chi connectivity index (χ1v) is 6.05. The first-order chi connectivity index (χ1) is 7.52. The minimum Gasteiger partial charge on any atom is -0.385 e. The van der Waals surface area contributed by atoms with Crippen molar-refractivity contribution in [2.24, 2.45) is 17.6 Å². The summed E-state index contributed by atoms with van der Waals surface area (Å²) in [4.78, 5) is 0. The lowest BCUT2D eigenvalue weighted by atomic mass is 9.96. The highest BCUT2D eigenvalue weighted by Crippen LogP contribution is 2.16. The second-order valence-corrected chi connectivity index (χ2v) is 5.00. The summed E-state index contributed by atoms with van der Waals surface area (Å²) in [5.41, 5.74) is 9.57. The zero-order chi connectivity index (χ0) is 12.1. The van der Waals surface area contributed by atoms with E-state index in [9.17, 15) is 0 Å². The van der Waals surface area contributed by atoms with Crippen LogP contribution in [-0.2, 0) is 0 Å². The molecule has 90 valence electrons. The fraction of sp³-hybridized carbons (Fsp3) is 0.571. The quantitative estimate of drug-likeness (QED) is 0.800. The van der Waals surface area contributed by atoms with E-state index in [0.717, 1.165) is 13.1 Å². The Balaban J connectivity index is 2.60. The standard InChI is InChI=1S/C14H24N2/c1-10(2)13(8-15)9-16-14-6-11(3)5-12(4)7-14/h5-7,10,13,16H,8-9,15H2,1-4H3. The van der Waals surface area contributed by atoms with Gasteiger partial charge in [0.05, 0.1) is 0 Å². The van der Waals surface area contributed by atoms with E-state index in [2.05, 4.69) is 51.2 Å². The summed E-state index contributed by atoms with van der Waals surface area (Å²) in [6, 6.07) is 6.55. The molecule has 0 aliphatic rings. The van der Waals surface area contributed by atoms with Gasteiger partial charge in [-0.2, -0.15) is 0 Å². The minimum absolute atomic E-state index is 0.542. The summed E-state index contributed by atoms with van der Waals surface area (Å²) in [6.07, 6.45) is 0. The van der Waals surface area contributed by atoms with Gasteiger partial charge in [0.25, 0.3) is 0 Å². The van der Waals surface area contributed by atoms with Crippen molar-refractivity contribution >= 4 is 5.69 Å². The molecule has 0 aliphatic carbocycles. The van der Waals surface area contributed by atoms with Crippen LogP contribution < -0.4 is 11.1 Å². The maximum absolute atomic E-state index is 5.76. The molecule has 1 unspecified atom stereocenters. The molecule has 0 saturated carbocycles. The molecule has 0 radical (unpaired) electrons. The maximum atomic E-state index is 5.76. The van der Waals surface area contributed by atoms with Gasteiger partial charge in [-0.15, -0.1) is 0 Å². The van der Waals surface area contributed by atoms with Gasteiger partial charge in [0, 0.05) is 12.2 Å². The largest absolute Gasteiger partial charge is 0.385 e. The van der Waals surface area contributed by atoms with Crippen molar-refractivity contribution in [2.75, 3.05) is 18.4 Å². The van der Waals surface area contributed by atoms with Crippen molar-refractivity contribution in [2.45, 2.75) is 27.7 Å². The number of nitrogens with one attached hydrogen (secondary N) is 1. The molecule has 1 rings (SSSR count). The predicted octanol–water partition coefficient (Wildman–Crippen LogP) is 2.95. The van der Waals surface area contributed by atoms with Crippen LogP contribution in [0.1, 0.15) is 25.0 Å². The number of benzene rings is 1. The summed E-state index contributed by atoms with van der Waals surface area (Å²) in [5, 5.41) is 3.48. The second kappa shape index (κ2) is 5.90. The number of hydrogen-bond acceptors (Lipinski definition) is 2. The average Bonchev–Trinajstić information content (AvgIpc) is 2.16. The first kappa shape index (κ1) is 13.0. The molecule has 1 aromatic carbocycles. The molecule has 0 saturated heterocycles. The molecule has 3 N–H and O–H groups in total. The van der Waals surface area contributed by atoms with Gasteiger partial charge in [-0.1, -0.05) is 19.9 Å². The van der Waals surface area contributed by atoms with E-state index in [4.69, 9.17) is 5.73 Å². The fourth-order valence-electron chi connectivity index (χ4n) is 1.92. The van der Waals surface area contributed by atoms with E-state index < -0.39 is 0 Å². The molecule has 0 bridgehead atoms. The van der Waals surface area contributed by atoms with Gasteiger partial charge in [0.1, 0.15) is 0 Å². The molecule has 16 heavy (non-hydrogen) atoms. The van der Waals surface area contributed by atoms with E-state index in [1.54, 1.807) is 0 Å². The lowest BCUT2D eigenvalue weighted by Gasteiger charge is -2.20. The van der Waals surface area contributed by atoms with E-state index in [-0.39, 0.29) is 0 Å². The lowest BCUT2D eigenvalue weighted by Crippen LogP contribution is -2.27. The Morgan fingerprint density at radius 1 is 1.12 bits per heavy atom. The molecule has 0 aliphatic heterocycles. The van der Waals surface area contributed by atoms with Crippen molar-refractivity contribution in [1.82, 2.24) is 0 Å². The van der Waals surface area contributed by atoms with Gasteiger partial charge >= 0.3 is 0 Å². The minimum atomic E-state index is 0.542. The van der Waals surface area contributed by atoms with Crippen LogP contribution in [0.4, 0.5) is 5.69 Å². The number of anilines is 1. The van der Waals surface area contributed by atoms with E-state index in [0.29, 0.717) is 11.8 Å². The molecule has 0 heterocycles. The van der Waals surface area contributed by atoms with Gasteiger partial charge in [-0.3, -0.25) is 0 Å². The first-order valence-electron chi connectivity index (χ1n) is 6.05. The molecule has 0 amide bonds. The SMILES string of the molecule is Cc1cc(C)cc(NCC(CN)C(C)C)c1. The Morgan fingerprint density at radius 3 is 2.12 bits per heavy atom. The summed E-state index contributed by atoms with van der Waals surface area (Å²) < 4.78 is 0. The van der Waals surface area contributed by atoms with Crippen LogP contribution in [0.15, 0.2) is 18.2 Å². The zero-order valence-electron chi connectivity index (χ0n) is 10.9. The molecule has 2 nitrogen and oxygen atoms in total. The highest BCUT2D eigenvalue weighted by molar-refractivity contribution is 5.48. The van der Waals surface area contributed by atoms with Crippen LogP contribution in [0.3, 0.4) is 0 Å². The topological polar surface area (TPSA) is 38.0 Å². The van der Waals surface area contributed by atoms with Crippen LogP contribution in [0.2, 0.25) is 0 Å². The van der Waals surface area contributed by atoms with Crippen LogP contribution >= 0.6 is 0 Å². The van der Waals surface area contributed by atoms with Crippen molar-refractivity contribution in [3.8, 4) is 0 Å². The zero-order valence-corrected chi connectivity index (χ0v) is 10.9. The Morgan fingerprint density at radius 2 is 1.69 bits per heavy atom. The summed E-state index contributed by atoms with van der Waals surface area (Å²) in [6.45, 7) is 10.4. The highest BCUT2D eigenvalue weighted by atomic mass is 14.9. The van der Waals surface area contributed by atoms with Gasteiger partial charge in [0.2, 0.25) is 0 Å². The van der Waals surface area contributed by atoms with E-state index >= 15 is 0 Å². The van der Waals surface area contributed by atoms with Crippen LogP contribution in [0.5, 0.6) is 0 Å². The Kier molecular flexibility index (Phi) is 4.81. The molecular weight excluding hydrogens is 196 g/mol. The van der Waals surface area contributed by atoms with Crippen LogP contribution in [0.25, 0.3) is 0 Å². The smallest absolute Gasteiger partial charge is 0.0345 e. The molecule has 0 aromatic heterocycles. The Bertz CT molecular complexity index is 311. The monoisotopic (exact) mass is 220 g/mol. The van der Waals surface area contributed by atoms with E-state index in [1.807, 2.05) is 0 Å². The molecule has 0 fully saturated rings. The Hall–Kier alpha value is -1.02. The molecule has 2 heteroatoms. The second-order valence-electron chi connectivity index (χ2n) is 5.00. The third-order valence-electron chi connectivity index (χ3n) is 3.04. The maximum Gasteiger partial charge on any atom is 0.0345 e. The number of nitrogens with two attached hydrogens (primary N) is 1. The third kappa shape index (κ3) is 3.86. The predicted molar refractivity (Wildman–Crippen MR) is 71.8 cm³/mol. The van der Waals surface area contributed by atoms with Crippen LogP contribution in [0, 0.1) is 25.7 Å². The van der Waals surface area contributed by atoms with Crippen molar-refractivity contribution in [3.63, 3.8) is 0 Å². The summed E-state index contributed by atoms with van der Waals surface area (Å²) >= 11 is 0. The van der Waals surface area contributed by atoms with Gasteiger partial charge in [0.15, 0.2) is 0 Å². The molecule has 1 atom stereocenters. The highest BCUT2D eigenvalue weighted by Gasteiger charge is 2.10. The lowest BCUT2D eigenvalue weighted by molar-refractivity contribution is 0.413. The molecule has 0 spiro atoms. The van der Waals surface area contributed by atoms with Crippen molar-refractivity contribution in [3.05, 3.63) is 29.3 Å². The van der Waals surface area contributed by atoms with Gasteiger partial charge in [-0.05, 0) is 55.5 Å².